The van der Waals surface area contributed by atoms with Gasteiger partial charge in [-0.05, 0) is 57.4 Å². The lowest BCUT2D eigenvalue weighted by atomic mass is 9.97. The van der Waals surface area contributed by atoms with Crippen molar-refractivity contribution < 1.29 is 14.3 Å². The number of morpholine rings is 1. The number of carbonyl (C=O) groups excluding carboxylic acids is 1. The number of ether oxygens (including phenoxy) is 2. The zero-order valence-electron chi connectivity index (χ0n) is 23.4. The smallest absolute Gasteiger partial charge is 0.410 e. The highest BCUT2D eigenvalue weighted by atomic mass is 16.6. The maximum absolute atomic E-state index is 12.4. The van der Waals surface area contributed by atoms with Gasteiger partial charge in [0.2, 0.25) is 0 Å². The largest absolute Gasteiger partial charge is 0.444 e. The molecule has 202 valence electrons. The molecule has 0 unspecified atom stereocenters. The first-order valence-corrected chi connectivity index (χ1v) is 13.7. The molecule has 0 atom stereocenters. The molecule has 2 aliphatic heterocycles. The molecule has 0 bridgehead atoms. The van der Waals surface area contributed by atoms with Crippen molar-refractivity contribution >= 4 is 22.6 Å². The van der Waals surface area contributed by atoms with E-state index < -0.39 is 5.60 Å². The first-order chi connectivity index (χ1) is 18.2. The Kier molecular flexibility index (Phi) is 7.59. The van der Waals surface area contributed by atoms with Crippen molar-refractivity contribution in [1.82, 2.24) is 19.4 Å². The number of rotatable bonds is 5. The van der Waals surface area contributed by atoms with E-state index in [-0.39, 0.29) is 6.09 Å². The van der Waals surface area contributed by atoms with E-state index in [2.05, 4.69) is 65.9 Å². The van der Waals surface area contributed by atoms with E-state index in [9.17, 15) is 4.79 Å². The molecule has 1 fully saturated rings. The number of carbonyl (C=O) groups is 1. The van der Waals surface area contributed by atoms with Gasteiger partial charge >= 0.3 is 6.09 Å². The summed E-state index contributed by atoms with van der Waals surface area (Å²) < 4.78 is 13.3. The van der Waals surface area contributed by atoms with Crippen LogP contribution < -0.4 is 0 Å². The highest BCUT2D eigenvalue weighted by Gasteiger charge is 2.24. The van der Waals surface area contributed by atoms with Crippen molar-refractivity contribution in [2.75, 3.05) is 45.9 Å². The average molecular weight is 517 g/mol. The molecule has 1 saturated heterocycles. The summed E-state index contributed by atoms with van der Waals surface area (Å²) in [5, 5.41) is 1.20. The lowest BCUT2D eigenvalue weighted by Crippen LogP contribution is -2.39. The Labute approximate surface area is 226 Å². The zero-order valence-corrected chi connectivity index (χ0v) is 23.4. The van der Waals surface area contributed by atoms with Gasteiger partial charge in [0.05, 0.1) is 24.4 Å². The summed E-state index contributed by atoms with van der Waals surface area (Å²) in [5.74, 6) is 0. The van der Waals surface area contributed by atoms with Crippen LogP contribution in [0, 0.1) is 6.92 Å². The van der Waals surface area contributed by atoms with E-state index in [1.807, 2.05) is 20.8 Å². The highest BCUT2D eigenvalue weighted by molar-refractivity contribution is 5.94. The zero-order chi connectivity index (χ0) is 26.9. The first-order valence-electron chi connectivity index (χ1n) is 13.7. The minimum absolute atomic E-state index is 0.245. The summed E-state index contributed by atoms with van der Waals surface area (Å²) >= 11 is 0. The summed E-state index contributed by atoms with van der Waals surface area (Å²) in [6.45, 7) is 13.7. The SMILES string of the molecule is Cc1cc2c(cc(CCN3CCOCC3)n2C)c(-c2ccc(C3=CCN(C(=O)OC(C)(C)C)CC3)cc2)n1. The quantitative estimate of drug-likeness (QED) is 0.452. The molecule has 5 rings (SSSR count). The summed E-state index contributed by atoms with van der Waals surface area (Å²) in [7, 11) is 2.17. The van der Waals surface area contributed by atoms with Crippen LogP contribution >= 0.6 is 0 Å². The number of pyridine rings is 1. The number of aryl methyl sites for hydroxylation is 2. The molecule has 38 heavy (non-hydrogen) atoms. The van der Waals surface area contributed by atoms with Crippen LogP contribution in [-0.2, 0) is 22.9 Å². The number of fused-ring (bicyclic) bond motifs is 1. The lowest BCUT2D eigenvalue weighted by molar-refractivity contribution is 0.0270. The molecule has 7 heteroatoms. The molecule has 3 aromatic rings. The van der Waals surface area contributed by atoms with Crippen LogP contribution in [0.4, 0.5) is 4.79 Å². The van der Waals surface area contributed by atoms with Crippen LogP contribution in [0.15, 0.2) is 42.5 Å². The Hall–Kier alpha value is -3.16. The molecular weight excluding hydrogens is 476 g/mol. The first kappa shape index (κ1) is 26.4. The van der Waals surface area contributed by atoms with Crippen LogP contribution in [0.25, 0.3) is 27.7 Å². The predicted octanol–water partition coefficient (Wildman–Crippen LogP) is 5.45. The number of amides is 1. The van der Waals surface area contributed by atoms with Gasteiger partial charge in [-0.2, -0.15) is 0 Å². The van der Waals surface area contributed by atoms with Crippen molar-refractivity contribution in [3.05, 3.63) is 59.4 Å². The standard InChI is InChI=1S/C31H40N4O3/c1-22-20-28-27(21-26(33(28)5)12-13-34-16-18-37-19-17-34)29(32-22)25-8-6-23(7-9-25)24-10-14-35(15-11-24)30(36)38-31(2,3)4/h6-10,20-21H,11-19H2,1-5H3. The second kappa shape index (κ2) is 10.9. The second-order valence-corrected chi connectivity index (χ2v) is 11.4. The Morgan fingerprint density at radius 3 is 2.42 bits per heavy atom. The van der Waals surface area contributed by atoms with Crippen LogP contribution in [0.2, 0.25) is 0 Å². The van der Waals surface area contributed by atoms with E-state index in [0.29, 0.717) is 13.1 Å². The van der Waals surface area contributed by atoms with Gasteiger partial charge in [0, 0.05) is 68.5 Å². The molecule has 2 aromatic heterocycles. The number of aromatic nitrogens is 2. The van der Waals surface area contributed by atoms with Crippen LogP contribution in [-0.4, -0.2) is 77.0 Å². The Morgan fingerprint density at radius 2 is 1.76 bits per heavy atom. The van der Waals surface area contributed by atoms with Gasteiger partial charge in [-0.15, -0.1) is 0 Å². The van der Waals surface area contributed by atoms with Crippen LogP contribution in [0.1, 0.15) is 44.1 Å². The van der Waals surface area contributed by atoms with E-state index in [4.69, 9.17) is 14.5 Å². The van der Waals surface area contributed by atoms with Crippen molar-refractivity contribution in [2.24, 2.45) is 7.05 Å². The van der Waals surface area contributed by atoms with E-state index >= 15 is 0 Å². The van der Waals surface area contributed by atoms with Gasteiger partial charge < -0.3 is 18.9 Å². The molecule has 4 heterocycles. The minimum atomic E-state index is -0.478. The Morgan fingerprint density at radius 1 is 1.05 bits per heavy atom. The van der Waals surface area contributed by atoms with Gasteiger partial charge in [-0.3, -0.25) is 9.88 Å². The summed E-state index contributed by atoms with van der Waals surface area (Å²) in [5.41, 5.74) is 7.73. The maximum atomic E-state index is 12.4. The Bertz CT molecular complexity index is 1330. The molecule has 1 amide bonds. The maximum Gasteiger partial charge on any atom is 0.410 e. The molecule has 0 spiro atoms. The topological polar surface area (TPSA) is 59.8 Å². The fraction of sp³-hybridized carbons (Fsp3) is 0.484. The van der Waals surface area contributed by atoms with Gasteiger partial charge in [-0.25, -0.2) is 4.79 Å². The Balaban J connectivity index is 1.33. The highest BCUT2D eigenvalue weighted by Crippen LogP contribution is 2.32. The molecule has 0 radical (unpaired) electrons. The van der Waals surface area contributed by atoms with Gasteiger partial charge in [0.25, 0.3) is 0 Å². The summed E-state index contributed by atoms with van der Waals surface area (Å²) in [6.07, 6.45) is 3.72. The summed E-state index contributed by atoms with van der Waals surface area (Å²) in [4.78, 5) is 21.6. The second-order valence-electron chi connectivity index (χ2n) is 11.4. The number of benzene rings is 1. The third-order valence-electron chi connectivity index (χ3n) is 7.45. The lowest BCUT2D eigenvalue weighted by Gasteiger charge is -2.29. The van der Waals surface area contributed by atoms with Gasteiger partial charge in [-0.1, -0.05) is 30.3 Å². The van der Waals surface area contributed by atoms with Crippen molar-refractivity contribution in [3.8, 4) is 11.3 Å². The van der Waals surface area contributed by atoms with Crippen molar-refractivity contribution in [2.45, 2.75) is 46.1 Å². The van der Waals surface area contributed by atoms with Crippen molar-refractivity contribution in [3.63, 3.8) is 0 Å². The molecule has 2 aliphatic rings. The normalized spacial score (nSPS) is 17.1. The van der Waals surface area contributed by atoms with Crippen LogP contribution in [0.5, 0.6) is 0 Å². The van der Waals surface area contributed by atoms with E-state index in [1.165, 1.54) is 27.7 Å². The number of hydrogen-bond donors (Lipinski definition) is 0. The minimum Gasteiger partial charge on any atom is -0.444 e. The number of hydrogen-bond acceptors (Lipinski definition) is 5. The van der Waals surface area contributed by atoms with E-state index in [0.717, 1.165) is 62.6 Å². The molecule has 1 aromatic carbocycles. The van der Waals surface area contributed by atoms with E-state index in [1.54, 1.807) is 4.90 Å². The molecule has 0 saturated carbocycles. The molecule has 0 aliphatic carbocycles. The van der Waals surface area contributed by atoms with Crippen LogP contribution in [0.3, 0.4) is 0 Å². The van der Waals surface area contributed by atoms with Crippen molar-refractivity contribution in [1.29, 1.82) is 0 Å². The molecule has 0 N–H and O–H groups in total. The molecular formula is C31H40N4O3. The average Bonchev–Trinajstić information content (AvgIpc) is 3.22. The monoisotopic (exact) mass is 516 g/mol. The fourth-order valence-corrected chi connectivity index (χ4v) is 5.33. The third kappa shape index (κ3) is 5.94. The fourth-order valence-electron chi connectivity index (χ4n) is 5.33. The molecule has 7 nitrogen and oxygen atoms in total. The summed E-state index contributed by atoms with van der Waals surface area (Å²) in [6, 6.07) is 13.2. The third-order valence-corrected chi connectivity index (χ3v) is 7.45. The van der Waals surface area contributed by atoms with Gasteiger partial charge in [0.15, 0.2) is 0 Å². The predicted molar refractivity (Wildman–Crippen MR) is 152 cm³/mol. The number of nitrogens with zero attached hydrogens (tertiary/aromatic N) is 4. The van der Waals surface area contributed by atoms with Gasteiger partial charge in [0.1, 0.15) is 5.60 Å².